The first-order chi connectivity index (χ1) is 9.79. The molecule has 0 aliphatic rings. The molecule has 0 unspecified atom stereocenters. The van der Waals surface area contributed by atoms with Gasteiger partial charge in [0.15, 0.2) is 0 Å². The molecule has 0 radical (unpaired) electrons. The highest BCUT2D eigenvalue weighted by Gasteiger charge is 2.07. The summed E-state index contributed by atoms with van der Waals surface area (Å²) in [6.07, 6.45) is 1.63. The minimum atomic E-state index is -0.00720. The Kier molecular flexibility index (Phi) is 7.89. The van der Waals surface area contributed by atoms with E-state index in [0.29, 0.717) is 30.5 Å². The van der Waals surface area contributed by atoms with Gasteiger partial charge in [-0.1, -0.05) is 18.2 Å². The van der Waals surface area contributed by atoms with E-state index in [4.69, 9.17) is 10.2 Å². The number of hydrogen-bond donors (Lipinski definition) is 2. The number of rotatable bonds is 7. The largest absolute Gasteiger partial charge is 0.444 e. The molecular formula is C14H18ClN3O2S. The second-order valence-corrected chi connectivity index (χ2v) is 5.13. The zero-order valence-electron chi connectivity index (χ0n) is 11.5. The molecule has 0 fully saturated rings. The van der Waals surface area contributed by atoms with Gasteiger partial charge in [-0.3, -0.25) is 4.79 Å². The van der Waals surface area contributed by atoms with Gasteiger partial charge in [-0.15, -0.1) is 24.2 Å². The maximum atomic E-state index is 11.4. The Morgan fingerprint density at radius 2 is 2.10 bits per heavy atom. The van der Waals surface area contributed by atoms with E-state index in [9.17, 15) is 4.79 Å². The number of hydrogen-bond acceptors (Lipinski definition) is 5. The SMILES string of the molecule is Cl.NCCNC(=O)CSCc1coc(-c2ccccc2)n1. The van der Waals surface area contributed by atoms with E-state index in [-0.39, 0.29) is 18.3 Å². The van der Waals surface area contributed by atoms with E-state index in [0.717, 1.165) is 11.3 Å². The second kappa shape index (κ2) is 9.44. The van der Waals surface area contributed by atoms with Crippen LogP contribution in [0.3, 0.4) is 0 Å². The lowest BCUT2D eigenvalue weighted by Gasteiger charge is -2.01. The van der Waals surface area contributed by atoms with Crippen LogP contribution in [0.15, 0.2) is 41.0 Å². The number of carbonyl (C=O) groups excluding carboxylic acids is 1. The molecule has 3 N–H and O–H groups in total. The third kappa shape index (κ3) is 5.79. The second-order valence-electron chi connectivity index (χ2n) is 4.14. The fraction of sp³-hybridized carbons (Fsp3) is 0.286. The quantitative estimate of drug-likeness (QED) is 0.813. The van der Waals surface area contributed by atoms with Crippen LogP contribution in [0.5, 0.6) is 0 Å². The number of oxazole rings is 1. The Bertz CT molecular complexity index is 548. The van der Waals surface area contributed by atoms with Crippen molar-refractivity contribution in [2.24, 2.45) is 5.73 Å². The van der Waals surface area contributed by atoms with Crippen molar-refractivity contribution in [1.82, 2.24) is 10.3 Å². The summed E-state index contributed by atoms with van der Waals surface area (Å²) < 4.78 is 5.43. The normalized spacial score (nSPS) is 9.95. The Hall–Kier alpha value is -1.50. The smallest absolute Gasteiger partial charge is 0.230 e. The monoisotopic (exact) mass is 327 g/mol. The number of halogens is 1. The van der Waals surface area contributed by atoms with E-state index in [1.54, 1.807) is 6.26 Å². The lowest BCUT2D eigenvalue weighted by atomic mass is 10.2. The number of thioether (sulfide) groups is 1. The minimum absolute atomic E-state index is 0. The van der Waals surface area contributed by atoms with Gasteiger partial charge in [0.05, 0.1) is 11.4 Å². The summed E-state index contributed by atoms with van der Waals surface area (Å²) in [5.41, 5.74) is 7.09. The van der Waals surface area contributed by atoms with E-state index in [1.165, 1.54) is 11.8 Å². The summed E-state index contributed by atoms with van der Waals surface area (Å²) in [6, 6.07) is 9.72. The summed E-state index contributed by atoms with van der Waals surface area (Å²) in [7, 11) is 0. The Balaban J connectivity index is 0.00000220. The third-order valence-electron chi connectivity index (χ3n) is 2.52. The molecule has 1 aromatic heterocycles. The van der Waals surface area contributed by atoms with Gasteiger partial charge in [-0.25, -0.2) is 4.98 Å². The van der Waals surface area contributed by atoms with Crippen molar-refractivity contribution in [3.63, 3.8) is 0 Å². The van der Waals surface area contributed by atoms with E-state index in [2.05, 4.69) is 10.3 Å². The number of nitrogens with one attached hydrogen (secondary N) is 1. The molecule has 0 bridgehead atoms. The average Bonchev–Trinajstić information content (AvgIpc) is 2.95. The van der Waals surface area contributed by atoms with Crippen LogP contribution in [-0.4, -0.2) is 29.7 Å². The lowest BCUT2D eigenvalue weighted by molar-refractivity contribution is -0.118. The molecule has 2 rings (SSSR count). The van der Waals surface area contributed by atoms with Crippen LogP contribution in [0.1, 0.15) is 5.69 Å². The number of aromatic nitrogens is 1. The number of amides is 1. The molecule has 1 amide bonds. The van der Waals surface area contributed by atoms with Gasteiger partial charge in [0.1, 0.15) is 6.26 Å². The van der Waals surface area contributed by atoms with Crippen LogP contribution >= 0.6 is 24.2 Å². The first-order valence-corrected chi connectivity index (χ1v) is 7.49. The van der Waals surface area contributed by atoms with Gasteiger partial charge in [0.25, 0.3) is 0 Å². The van der Waals surface area contributed by atoms with Crippen molar-refractivity contribution < 1.29 is 9.21 Å². The first-order valence-electron chi connectivity index (χ1n) is 6.34. The first kappa shape index (κ1) is 17.6. The number of nitrogens with zero attached hydrogens (tertiary/aromatic N) is 1. The van der Waals surface area contributed by atoms with Crippen LogP contribution in [0, 0.1) is 0 Å². The molecule has 114 valence electrons. The fourth-order valence-corrected chi connectivity index (χ4v) is 2.33. The van der Waals surface area contributed by atoms with Crippen molar-refractivity contribution in [3.8, 4) is 11.5 Å². The van der Waals surface area contributed by atoms with Gasteiger partial charge >= 0.3 is 0 Å². The van der Waals surface area contributed by atoms with Gasteiger partial charge in [-0.2, -0.15) is 0 Å². The van der Waals surface area contributed by atoms with Crippen molar-refractivity contribution in [1.29, 1.82) is 0 Å². The maximum Gasteiger partial charge on any atom is 0.230 e. The zero-order chi connectivity index (χ0) is 14.2. The predicted molar refractivity (Wildman–Crippen MR) is 87.4 cm³/mol. The molecule has 0 saturated heterocycles. The van der Waals surface area contributed by atoms with E-state index >= 15 is 0 Å². The summed E-state index contributed by atoms with van der Waals surface area (Å²) >= 11 is 1.50. The van der Waals surface area contributed by atoms with Gasteiger partial charge in [0, 0.05) is 24.4 Å². The van der Waals surface area contributed by atoms with Gasteiger partial charge < -0.3 is 15.5 Å². The molecule has 0 atom stereocenters. The van der Waals surface area contributed by atoms with Crippen LogP contribution in [0.4, 0.5) is 0 Å². The Labute approximate surface area is 134 Å². The van der Waals surface area contributed by atoms with Crippen LogP contribution in [0.2, 0.25) is 0 Å². The zero-order valence-corrected chi connectivity index (χ0v) is 13.1. The highest BCUT2D eigenvalue weighted by Crippen LogP contribution is 2.20. The predicted octanol–water partition coefficient (Wildman–Crippen LogP) is 2.07. The molecule has 1 heterocycles. The molecule has 0 saturated carbocycles. The maximum absolute atomic E-state index is 11.4. The van der Waals surface area contributed by atoms with Crippen LogP contribution in [-0.2, 0) is 10.5 Å². The number of benzene rings is 1. The van der Waals surface area contributed by atoms with Crippen LogP contribution < -0.4 is 11.1 Å². The Morgan fingerprint density at radius 3 is 2.81 bits per heavy atom. The molecule has 21 heavy (non-hydrogen) atoms. The van der Waals surface area contributed by atoms with E-state index < -0.39 is 0 Å². The lowest BCUT2D eigenvalue weighted by Crippen LogP contribution is -2.30. The summed E-state index contributed by atoms with van der Waals surface area (Å²) in [5, 5.41) is 2.72. The van der Waals surface area contributed by atoms with Crippen LogP contribution in [0.25, 0.3) is 11.5 Å². The average molecular weight is 328 g/mol. The van der Waals surface area contributed by atoms with Gasteiger partial charge in [0.2, 0.25) is 11.8 Å². The van der Waals surface area contributed by atoms with Crippen molar-refractivity contribution in [2.75, 3.05) is 18.8 Å². The summed E-state index contributed by atoms with van der Waals surface area (Å²) in [6.45, 7) is 0.974. The fourth-order valence-electron chi connectivity index (χ4n) is 1.60. The summed E-state index contributed by atoms with van der Waals surface area (Å²) in [5.74, 6) is 1.64. The van der Waals surface area contributed by atoms with Crippen molar-refractivity contribution >= 4 is 30.1 Å². The molecule has 7 heteroatoms. The highest BCUT2D eigenvalue weighted by atomic mass is 35.5. The van der Waals surface area contributed by atoms with E-state index in [1.807, 2.05) is 30.3 Å². The van der Waals surface area contributed by atoms with Gasteiger partial charge in [-0.05, 0) is 12.1 Å². The molecule has 0 spiro atoms. The summed E-state index contributed by atoms with van der Waals surface area (Å²) in [4.78, 5) is 15.8. The Morgan fingerprint density at radius 1 is 1.33 bits per heavy atom. The third-order valence-corrected chi connectivity index (χ3v) is 3.49. The molecule has 0 aliphatic heterocycles. The molecular weight excluding hydrogens is 310 g/mol. The standard InChI is InChI=1S/C14H17N3O2S.ClH/c15-6-7-16-13(18)10-20-9-12-8-19-14(17-12)11-4-2-1-3-5-11;/h1-5,8H,6-7,9-10,15H2,(H,16,18);1H. The van der Waals surface area contributed by atoms with Crippen molar-refractivity contribution in [2.45, 2.75) is 5.75 Å². The number of carbonyl (C=O) groups is 1. The highest BCUT2D eigenvalue weighted by molar-refractivity contribution is 7.99. The van der Waals surface area contributed by atoms with Crippen molar-refractivity contribution in [3.05, 3.63) is 42.3 Å². The minimum Gasteiger partial charge on any atom is -0.444 e. The molecule has 5 nitrogen and oxygen atoms in total. The molecule has 0 aliphatic carbocycles. The molecule has 1 aromatic carbocycles. The molecule has 2 aromatic rings. The number of nitrogens with two attached hydrogens (primary N) is 1. The topological polar surface area (TPSA) is 81.1 Å².